The summed E-state index contributed by atoms with van der Waals surface area (Å²) in [6, 6.07) is 8.80. The van der Waals surface area contributed by atoms with Gasteiger partial charge in [-0.25, -0.2) is 13.6 Å². The predicted molar refractivity (Wildman–Crippen MR) is 78.4 cm³/mol. The summed E-state index contributed by atoms with van der Waals surface area (Å²) in [5, 5.41) is 3.47. The maximum Gasteiger partial charge on any atom is 0.276 e. The molecule has 0 bridgehead atoms. The summed E-state index contributed by atoms with van der Waals surface area (Å²) in [7, 11) is -3.83. The third-order valence-electron chi connectivity index (χ3n) is 2.46. The lowest BCUT2D eigenvalue weighted by Crippen LogP contribution is -2.18. The van der Waals surface area contributed by atoms with E-state index in [0.29, 0.717) is 6.07 Å². The molecule has 0 aliphatic rings. The summed E-state index contributed by atoms with van der Waals surface area (Å²) in [5.41, 5.74) is -0.0325. The van der Waals surface area contributed by atoms with E-state index in [0.717, 1.165) is 22.8 Å². The maximum absolute atomic E-state index is 13.3. The van der Waals surface area contributed by atoms with E-state index >= 15 is 0 Å². The summed E-state index contributed by atoms with van der Waals surface area (Å²) in [6.07, 6.45) is 0.963. The van der Waals surface area contributed by atoms with Crippen molar-refractivity contribution in [3.63, 3.8) is 0 Å². The van der Waals surface area contributed by atoms with Crippen LogP contribution in [0.2, 0.25) is 0 Å². The molecule has 0 saturated carbocycles. The molecule has 110 valence electrons. The van der Waals surface area contributed by atoms with Gasteiger partial charge in [-0.05, 0) is 36.4 Å². The molecule has 0 heterocycles. The number of benzene rings is 2. The minimum atomic E-state index is -3.83. The van der Waals surface area contributed by atoms with Crippen LogP contribution < -0.4 is 4.83 Å². The Hall–Kier alpha value is -1.80. The average molecular weight is 375 g/mol. The zero-order chi connectivity index (χ0) is 15.5. The highest BCUT2D eigenvalue weighted by atomic mass is 79.9. The Kier molecular flexibility index (Phi) is 4.69. The van der Waals surface area contributed by atoms with Gasteiger partial charge in [0, 0.05) is 16.1 Å². The molecule has 21 heavy (non-hydrogen) atoms. The Morgan fingerprint density at radius 3 is 2.38 bits per heavy atom. The second-order valence-electron chi connectivity index (χ2n) is 3.97. The standard InChI is InChI=1S/C13H9BrF2N2O2S/c14-10-2-5-12(6-3-10)21(19,20)18-17-8-9-1-4-11(15)7-13(9)16/h1-8,18H/b17-8-. The lowest BCUT2D eigenvalue weighted by atomic mass is 10.2. The summed E-state index contributed by atoms with van der Waals surface area (Å²) >= 11 is 3.19. The molecule has 0 amide bonds. The van der Waals surface area contributed by atoms with Crippen molar-refractivity contribution in [3.05, 3.63) is 64.1 Å². The summed E-state index contributed by atoms with van der Waals surface area (Å²) < 4.78 is 50.5. The number of halogens is 3. The Bertz CT molecular complexity index is 777. The van der Waals surface area contributed by atoms with E-state index in [1.54, 1.807) is 12.1 Å². The van der Waals surface area contributed by atoms with Gasteiger partial charge in [-0.2, -0.15) is 13.5 Å². The van der Waals surface area contributed by atoms with Gasteiger partial charge in [0.1, 0.15) is 11.6 Å². The van der Waals surface area contributed by atoms with Gasteiger partial charge < -0.3 is 0 Å². The quantitative estimate of drug-likeness (QED) is 0.660. The van der Waals surface area contributed by atoms with E-state index < -0.39 is 21.7 Å². The minimum absolute atomic E-state index is 0.0161. The molecule has 0 atom stereocenters. The first-order valence-electron chi connectivity index (χ1n) is 5.64. The fourth-order valence-corrected chi connectivity index (χ4v) is 2.49. The van der Waals surface area contributed by atoms with E-state index in [1.165, 1.54) is 12.1 Å². The van der Waals surface area contributed by atoms with Crippen LogP contribution in [0.15, 0.2) is 56.9 Å². The van der Waals surface area contributed by atoms with Crippen molar-refractivity contribution in [2.75, 3.05) is 0 Å². The Labute approximate surface area is 128 Å². The van der Waals surface area contributed by atoms with Crippen molar-refractivity contribution in [1.82, 2.24) is 4.83 Å². The number of hydrazone groups is 1. The molecule has 0 fully saturated rings. The molecule has 4 nitrogen and oxygen atoms in total. The molecule has 0 unspecified atom stereocenters. The number of rotatable bonds is 4. The molecular formula is C13H9BrF2N2O2S. The van der Waals surface area contributed by atoms with Gasteiger partial charge in [-0.15, -0.1) is 0 Å². The normalized spacial score (nSPS) is 11.8. The topological polar surface area (TPSA) is 58.5 Å². The van der Waals surface area contributed by atoms with Gasteiger partial charge in [0.25, 0.3) is 10.0 Å². The lowest BCUT2D eigenvalue weighted by Gasteiger charge is -2.03. The monoisotopic (exact) mass is 374 g/mol. The first kappa shape index (κ1) is 15.6. The van der Waals surface area contributed by atoms with Crippen LogP contribution in [0, 0.1) is 11.6 Å². The first-order chi connectivity index (χ1) is 9.88. The van der Waals surface area contributed by atoms with Crippen molar-refractivity contribution >= 4 is 32.2 Å². The Morgan fingerprint density at radius 1 is 1.10 bits per heavy atom. The molecule has 0 aliphatic heterocycles. The van der Waals surface area contributed by atoms with Gasteiger partial charge in [-0.1, -0.05) is 15.9 Å². The predicted octanol–water partition coefficient (Wildman–Crippen LogP) is 3.04. The smallest absolute Gasteiger partial charge is 0.207 e. The van der Waals surface area contributed by atoms with Crippen LogP contribution in [0.4, 0.5) is 8.78 Å². The van der Waals surface area contributed by atoms with Crippen molar-refractivity contribution in [3.8, 4) is 0 Å². The van der Waals surface area contributed by atoms with Gasteiger partial charge in [0.05, 0.1) is 11.1 Å². The van der Waals surface area contributed by atoms with Crippen LogP contribution in [-0.4, -0.2) is 14.6 Å². The van der Waals surface area contributed by atoms with Crippen LogP contribution in [0.1, 0.15) is 5.56 Å². The Morgan fingerprint density at radius 2 is 1.76 bits per heavy atom. The van der Waals surface area contributed by atoms with E-state index in [4.69, 9.17) is 0 Å². The second-order valence-corrected chi connectivity index (χ2v) is 6.55. The van der Waals surface area contributed by atoms with Crippen LogP contribution in [0.3, 0.4) is 0 Å². The zero-order valence-corrected chi connectivity index (χ0v) is 12.8. The highest BCUT2D eigenvalue weighted by molar-refractivity contribution is 9.10. The van der Waals surface area contributed by atoms with Crippen molar-refractivity contribution in [1.29, 1.82) is 0 Å². The number of hydrogen-bond acceptors (Lipinski definition) is 3. The highest BCUT2D eigenvalue weighted by Gasteiger charge is 2.12. The minimum Gasteiger partial charge on any atom is -0.207 e. The average Bonchev–Trinajstić information content (AvgIpc) is 2.41. The molecule has 1 N–H and O–H groups in total. The fourth-order valence-electron chi connectivity index (χ4n) is 1.44. The number of sulfonamides is 1. The van der Waals surface area contributed by atoms with Gasteiger partial charge in [0.15, 0.2) is 0 Å². The summed E-state index contributed by atoms with van der Waals surface area (Å²) in [4.78, 5) is 1.97. The van der Waals surface area contributed by atoms with E-state index in [1.807, 2.05) is 4.83 Å². The number of nitrogens with one attached hydrogen (secondary N) is 1. The molecule has 2 aromatic rings. The van der Waals surface area contributed by atoms with E-state index in [-0.39, 0.29) is 10.5 Å². The highest BCUT2D eigenvalue weighted by Crippen LogP contribution is 2.14. The van der Waals surface area contributed by atoms with Crippen LogP contribution >= 0.6 is 15.9 Å². The van der Waals surface area contributed by atoms with Gasteiger partial charge >= 0.3 is 0 Å². The fraction of sp³-hybridized carbons (Fsp3) is 0. The largest absolute Gasteiger partial charge is 0.276 e. The van der Waals surface area contributed by atoms with Crippen molar-refractivity contribution in [2.24, 2.45) is 5.10 Å². The maximum atomic E-state index is 13.3. The molecule has 0 aliphatic carbocycles. The summed E-state index contributed by atoms with van der Waals surface area (Å²) in [5.74, 6) is -1.55. The van der Waals surface area contributed by atoms with Crippen LogP contribution in [-0.2, 0) is 10.0 Å². The third-order valence-corrected chi connectivity index (χ3v) is 4.23. The van der Waals surface area contributed by atoms with E-state index in [2.05, 4.69) is 21.0 Å². The number of hydrogen-bond donors (Lipinski definition) is 1. The molecule has 8 heteroatoms. The zero-order valence-electron chi connectivity index (χ0n) is 10.4. The molecule has 0 aromatic heterocycles. The molecule has 0 spiro atoms. The lowest BCUT2D eigenvalue weighted by molar-refractivity contribution is 0.580. The first-order valence-corrected chi connectivity index (χ1v) is 7.91. The molecule has 0 saturated heterocycles. The van der Waals surface area contributed by atoms with Crippen molar-refractivity contribution in [2.45, 2.75) is 4.90 Å². The Balaban J connectivity index is 2.14. The van der Waals surface area contributed by atoms with Gasteiger partial charge in [0.2, 0.25) is 0 Å². The summed E-state index contributed by atoms with van der Waals surface area (Å²) in [6.45, 7) is 0. The molecule has 2 rings (SSSR count). The van der Waals surface area contributed by atoms with Gasteiger partial charge in [-0.3, -0.25) is 0 Å². The third kappa shape index (κ3) is 4.08. The van der Waals surface area contributed by atoms with Crippen LogP contribution in [0.5, 0.6) is 0 Å². The second kappa shape index (κ2) is 6.31. The van der Waals surface area contributed by atoms with Crippen molar-refractivity contribution < 1.29 is 17.2 Å². The number of nitrogens with zero attached hydrogens (tertiary/aromatic N) is 1. The molecule has 0 radical (unpaired) electrons. The SMILES string of the molecule is O=S(=O)(N/N=C\c1ccc(F)cc1F)c1ccc(Br)cc1. The molecular weight excluding hydrogens is 366 g/mol. The molecule has 2 aromatic carbocycles. The van der Waals surface area contributed by atoms with Crippen LogP contribution in [0.25, 0.3) is 0 Å². The van der Waals surface area contributed by atoms with E-state index in [9.17, 15) is 17.2 Å².